The van der Waals surface area contributed by atoms with Gasteiger partial charge in [0.2, 0.25) is 0 Å². The minimum absolute atomic E-state index is 0.568. The lowest BCUT2D eigenvalue weighted by atomic mass is 10.0. The van der Waals surface area contributed by atoms with Gasteiger partial charge in [0.25, 0.3) is 5.78 Å². The fraction of sp³-hybridized carbons (Fsp3) is 0.583. The highest BCUT2D eigenvalue weighted by Gasteiger charge is 2.21. The van der Waals surface area contributed by atoms with E-state index in [0.717, 1.165) is 18.1 Å². The number of piperidine rings is 1. The topological polar surface area (TPSA) is 46.3 Å². The first-order valence-electron chi connectivity index (χ1n) is 6.20. The van der Waals surface area contributed by atoms with Crippen molar-refractivity contribution in [2.75, 3.05) is 11.4 Å². The van der Waals surface area contributed by atoms with E-state index in [1.165, 1.54) is 19.3 Å². The second-order valence-electron chi connectivity index (χ2n) is 4.77. The zero-order valence-electron chi connectivity index (χ0n) is 10.3. The predicted octanol–water partition coefficient (Wildman–Crippen LogP) is 1.81. The van der Waals surface area contributed by atoms with E-state index in [1.807, 2.05) is 11.4 Å². The van der Waals surface area contributed by atoms with E-state index in [0.29, 0.717) is 11.8 Å². The predicted molar refractivity (Wildman–Crippen MR) is 66.2 cm³/mol. The van der Waals surface area contributed by atoms with Gasteiger partial charge < -0.3 is 4.90 Å². The van der Waals surface area contributed by atoms with E-state index in [4.69, 9.17) is 0 Å². The van der Waals surface area contributed by atoms with Gasteiger partial charge in [0.15, 0.2) is 0 Å². The summed E-state index contributed by atoms with van der Waals surface area (Å²) in [6.07, 6.45) is 5.39. The van der Waals surface area contributed by atoms with Crippen LogP contribution in [0, 0.1) is 6.92 Å². The van der Waals surface area contributed by atoms with Crippen LogP contribution >= 0.6 is 0 Å². The molecule has 0 amide bonds. The van der Waals surface area contributed by atoms with Crippen molar-refractivity contribution in [3.8, 4) is 0 Å². The monoisotopic (exact) mass is 231 g/mol. The number of hydrogen-bond acceptors (Lipinski definition) is 4. The summed E-state index contributed by atoms with van der Waals surface area (Å²) in [4.78, 5) is 11.0. The Labute approximate surface area is 100 Å². The first-order valence-corrected chi connectivity index (χ1v) is 6.20. The van der Waals surface area contributed by atoms with Crippen LogP contribution in [0.15, 0.2) is 12.4 Å². The Bertz CT molecular complexity index is 533. The summed E-state index contributed by atoms with van der Waals surface area (Å²) in [6.45, 7) is 5.38. The molecule has 1 aliphatic heterocycles. The Morgan fingerprint density at radius 1 is 1.35 bits per heavy atom. The molecule has 0 spiro atoms. The van der Waals surface area contributed by atoms with Gasteiger partial charge in [-0.3, -0.25) is 0 Å². The Balaban J connectivity index is 2.11. The van der Waals surface area contributed by atoms with Crippen LogP contribution in [0.2, 0.25) is 0 Å². The van der Waals surface area contributed by atoms with Gasteiger partial charge in [-0.05, 0) is 33.1 Å². The molecule has 2 aromatic heterocycles. The third-order valence-electron chi connectivity index (χ3n) is 3.46. The number of fused-ring (bicyclic) bond motifs is 1. The molecule has 1 saturated heterocycles. The normalized spacial score (nSPS) is 21.1. The highest BCUT2D eigenvalue weighted by atomic mass is 15.4. The highest BCUT2D eigenvalue weighted by molar-refractivity contribution is 5.48. The van der Waals surface area contributed by atoms with Crippen LogP contribution in [0.4, 0.5) is 5.82 Å². The third kappa shape index (κ3) is 1.75. The van der Waals surface area contributed by atoms with E-state index in [2.05, 4.69) is 33.0 Å². The van der Waals surface area contributed by atoms with Crippen LogP contribution < -0.4 is 4.90 Å². The zero-order chi connectivity index (χ0) is 11.8. The quantitative estimate of drug-likeness (QED) is 0.751. The van der Waals surface area contributed by atoms with Crippen molar-refractivity contribution in [3.05, 3.63) is 18.1 Å². The molecular formula is C12H17N5. The van der Waals surface area contributed by atoms with Crippen LogP contribution in [-0.4, -0.2) is 32.2 Å². The number of nitrogens with zero attached hydrogens (tertiary/aromatic N) is 5. The summed E-state index contributed by atoms with van der Waals surface area (Å²) in [5.41, 5.74) is 0.998. The van der Waals surface area contributed by atoms with E-state index in [9.17, 15) is 0 Å². The molecule has 2 aromatic rings. The van der Waals surface area contributed by atoms with Crippen molar-refractivity contribution >= 4 is 11.6 Å². The maximum absolute atomic E-state index is 4.38. The summed E-state index contributed by atoms with van der Waals surface area (Å²) >= 11 is 0. The van der Waals surface area contributed by atoms with E-state index >= 15 is 0 Å². The van der Waals surface area contributed by atoms with Gasteiger partial charge in [0, 0.05) is 24.3 Å². The molecule has 0 bridgehead atoms. The maximum atomic E-state index is 4.38. The molecule has 1 atom stereocenters. The van der Waals surface area contributed by atoms with Gasteiger partial charge in [-0.15, -0.1) is 0 Å². The number of rotatable bonds is 1. The third-order valence-corrected chi connectivity index (χ3v) is 3.46. The minimum atomic E-state index is 0.568. The minimum Gasteiger partial charge on any atom is -0.354 e. The number of aryl methyl sites for hydroxylation is 1. The highest BCUT2D eigenvalue weighted by Crippen LogP contribution is 2.24. The van der Waals surface area contributed by atoms with E-state index in [1.54, 1.807) is 6.33 Å². The molecule has 3 heterocycles. The van der Waals surface area contributed by atoms with Crippen molar-refractivity contribution < 1.29 is 0 Å². The van der Waals surface area contributed by atoms with Crippen molar-refractivity contribution in [2.24, 2.45) is 0 Å². The van der Waals surface area contributed by atoms with Crippen LogP contribution in [0.25, 0.3) is 5.78 Å². The number of anilines is 1. The Hall–Kier alpha value is -1.65. The summed E-state index contributed by atoms with van der Waals surface area (Å²) in [5.74, 6) is 1.81. The van der Waals surface area contributed by atoms with Crippen LogP contribution in [0.1, 0.15) is 31.9 Å². The Morgan fingerprint density at radius 2 is 2.24 bits per heavy atom. The van der Waals surface area contributed by atoms with Crippen LogP contribution in [0.5, 0.6) is 0 Å². The Morgan fingerprint density at radius 3 is 3.06 bits per heavy atom. The maximum Gasteiger partial charge on any atom is 0.254 e. The summed E-state index contributed by atoms with van der Waals surface area (Å²) < 4.78 is 1.84. The molecule has 1 aliphatic rings. The average molecular weight is 231 g/mol. The summed E-state index contributed by atoms with van der Waals surface area (Å²) in [5, 5.41) is 4.27. The molecular weight excluding hydrogens is 214 g/mol. The fourth-order valence-corrected chi connectivity index (χ4v) is 2.55. The smallest absolute Gasteiger partial charge is 0.254 e. The molecule has 0 radical (unpaired) electrons. The number of aromatic nitrogens is 4. The second kappa shape index (κ2) is 3.98. The van der Waals surface area contributed by atoms with Crippen molar-refractivity contribution in [1.29, 1.82) is 0 Å². The SMILES string of the molecule is Cc1cc(N2CCCC[C@H]2C)n2ncnc2n1. The van der Waals surface area contributed by atoms with E-state index in [-0.39, 0.29) is 0 Å². The lowest BCUT2D eigenvalue weighted by Crippen LogP contribution is -2.38. The molecule has 17 heavy (non-hydrogen) atoms. The lowest BCUT2D eigenvalue weighted by molar-refractivity contribution is 0.477. The van der Waals surface area contributed by atoms with Gasteiger partial charge in [-0.25, -0.2) is 4.98 Å². The molecule has 5 nitrogen and oxygen atoms in total. The fourth-order valence-electron chi connectivity index (χ4n) is 2.55. The van der Waals surface area contributed by atoms with Gasteiger partial charge in [0.1, 0.15) is 12.1 Å². The van der Waals surface area contributed by atoms with Crippen molar-refractivity contribution in [3.63, 3.8) is 0 Å². The summed E-state index contributed by atoms with van der Waals surface area (Å²) in [6, 6.07) is 2.67. The molecule has 0 saturated carbocycles. The standard InChI is InChI=1S/C12H17N5/c1-9-7-11(16-6-4-3-5-10(16)2)17-12(15-9)13-8-14-17/h7-8,10H,3-6H2,1-2H3/t10-/m1/s1. The van der Waals surface area contributed by atoms with Gasteiger partial charge >= 0.3 is 0 Å². The van der Waals surface area contributed by atoms with Gasteiger partial charge in [0.05, 0.1) is 0 Å². The molecule has 1 fully saturated rings. The second-order valence-corrected chi connectivity index (χ2v) is 4.77. The first-order chi connectivity index (χ1) is 8.25. The van der Waals surface area contributed by atoms with Gasteiger partial charge in [-0.2, -0.15) is 14.6 Å². The zero-order valence-corrected chi connectivity index (χ0v) is 10.3. The molecule has 90 valence electrons. The molecule has 5 heteroatoms. The Kier molecular flexibility index (Phi) is 2.46. The average Bonchev–Trinajstić information content (AvgIpc) is 2.76. The first kappa shape index (κ1) is 10.5. The van der Waals surface area contributed by atoms with Crippen LogP contribution in [0.3, 0.4) is 0 Å². The molecule has 0 N–H and O–H groups in total. The molecule has 0 aliphatic carbocycles. The molecule has 0 unspecified atom stereocenters. The van der Waals surface area contributed by atoms with E-state index < -0.39 is 0 Å². The van der Waals surface area contributed by atoms with Crippen molar-refractivity contribution in [1.82, 2.24) is 19.6 Å². The van der Waals surface area contributed by atoms with Crippen molar-refractivity contribution in [2.45, 2.75) is 39.2 Å². The number of hydrogen-bond donors (Lipinski definition) is 0. The summed E-state index contributed by atoms with van der Waals surface area (Å²) in [7, 11) is 0. The molecule has 3 rings (SSSR count). The largest absolute Gasteiger partial charge is 0.354 e. The molecule has 0 aromatic carbocycles. The lowest BCUT2D eigenvalue weighted by Gasteiger charge is -2.35. The van der Waals surface area contributed by atoms with Crippen LogP contribution in [-0.2, 0) is 0 Å². The van der Waals surface area contributed by atoms with Gasteiger partial charge in [-0.1, -0.05) is 0 Å².